The van der Waals surface area contributed by atoms with Crippen LogP contribution in [0.5, 0.6) is 0 Å². The minimum absolute atomic E-state index is 0.106. The van der Waals surface area contributed by atoms with Crippen LogP contribution < -0.4 is 5.73 Å². The number of amides is 1. The molecule has 2 rings (SSSR count). The molecule has 0 spiro atoms. The van der Waals surface area contributed by atoms with Gasteiger partial charge in [-0.15, -0.1) is 0 Å². The molecule has 2 aliphatic rings. The molecule has 5 heteroatoms. The zero-order chi connectivity index (χ0) is 9.47. The van der Waals surface area contributed by atoms with Gasteiger partial charge in [-0.25, -0.2) is 0 Å². The van der Waals surface area contributed by atoms with E-state index in [0.717, 1.165) is 13.0 Å². The Hall–Kier alpha value is -0.550. The third-order valence-electron chi connectivity index (χ3n) is 2.66. The number of ether oxygens (including phenoxy) is 1. The highest BCUT2D eigenvalue weighted by Gasteiger charge is 2.47. The highest BCUT2D eigenvalue weighted by atomic mass is 32.2. The first-order valence-electron chi connectivity index (χ1n) is 4.28. The van der Waals surface area contributed by atoms with Crippen LogP contribution in [0.25, 0.3) is 0 Å². The van der Waals surface area contributed by atoms with E-state index in [9.17, 15) is 4.79 Å². The number of nitrogens with zero attached hydrogens (tertiary/aromatic N) is 1. The number of carbonyl (C=O) groups excluding carboxylic acids is 1. The van der Waals surface area contributed by atoms with E-state index in [1.165, 1.54) is 11.8 Å². The van der Waals surface area contributed by atoms with E-state index >= 15 is 0 Å². The summed E-state index contributed by atoms with van der Waals surface area (Å²) in [6, 6.07) is 0. The zero-order valence-corrected chi connectivity index (χ0v) is 8.26. The quantitative estimate of drug-likeness (QED) is 0.664. The minimum Gasteiger partial charge on any atom is -0.381 e. The molecule has 0 radical (unpaired) electrons. The van der Waals surface area contributed by atoms with Crippen LogP contribution >= 0.6 is 11.8 Å². The van der Waals surface area contributed by atoms with Crippen molar-refractivity contribution in [2.75, 3.05) is 13.2 Å². The highest BCUT2D eigenvalue weighted by Crippen LogP contribution is 2.42. The van der Waals surface area contributed by atoms with Crippen molar-refractivity contribution in [1.82, 2.24) is 0 Å². The third-order valence-corrected chi connectivity index (χ3v) is 3.89. The topological polar surface area (TPSA) is 64.7 Å². The van der Waals surface area contributed by atoms with Crippen molar-refractivity contribution in [2.45, 2.75) is 18.1 Å². The van der Waals surface area contributed by atoms with Gasteiger partial charge in [0.15, 0.2) is 5.17 Å². The first kappa shape index (κ1) is 9.02. The van der Waals surface area contributed by atoms with Crippen molar-refractivity contribution in [3.05, 3.63) is 0 Å². The maximum atomic E-state index is 11.5. The lowest BCUT2D eigenvalue weighted by atomic mass is 9.92. The van der Waals surface area contributed by atoms with Crippen LogP contribution in [-0.4, -0.2) is 29.0 Å². The van der Waals surface area contributed by atoms with Gasteiger partial charge < -0.3 is 10.5 Å². The van der Waals surface area contributed by atoms with Gasteiger partial charge in [-0.2, -0.15) is 4.99 Å². The first-order chi connectivity index (χ1) is 6.13. The van der Waals surface area contributed by atoms with E-state index in [4.69, 9.17) is 10.5 Å². The predicted molar refractivity (Wildman–Crippen MR) is 51.6 cm³/mol. The number of amidine groups is 1. The van der Waals surface area contributed by atoms with E-state index in [1.807, 2.05) is 6.92 Å². The van der Waals surface area contributed by atoms with Crippen molar-refractivity contribution in [2.24, 2.45) is 16.6 Å². The Bertz CT molecular complexity index is 273. The number of nitrogens with two attached hydrogens (primary N) is 1. The third kappa shape index (κ3) is 1.36. The van der Waals surface area contributed by atoms with E-state index in [1.54, 1.807) is 0 Å². The Morgan fingerprint density at radius 3 is 3.00 bits per heavy atom. The van der Waals surface area contributed by atoms with Crippen LogP contribution in [0.15, 0.2) is 4.99 Å². The summed E-state index contributed by atoms with van der Waals surface area (Å²) in [6.45, 7) is 3.30. The van der Waals surface area contributed by atoms with Crippen LogP contribution in [-0.2, 0) is 9.53 Å². The number of hydrogen-bond acceptors (Lipinski definition) is 4. The monoisotopic (exact) mass is 200 g/mol. The van der Waals surface area contributed by atoms with Crippen molar-refractivity contribution >= 4 is 22.8 Å². The van der Waals surface area contributed by atoms with Crippen molar-refractivity contribution in [3.8, 4) is 0 Å². The second kappa shape index (κ2) is 2.99. The van der Waals surface area contributed by atoms with Gasteiger partial charge in [0, 0.05) is 12.5 Å². The number of carbonyl (C=O) groups is 1. The summed E-state index contributed by atoms with van der Waals surface area (Å²) in [7, 11) is 0. The molecular formula is C8H12N2O2S. The second-order valence-corrected chi connectivity index (χ2v) is 5.00. The highest BCUT2D eigenvalue weighted by molar-refractivity contribution is 8.16. The summed E-state index contributed by atoms with van der Waals surface area (Å²) in [6.07, 6.45) is 0.929. The molecule has 0 bridgehead atoms. The van der Waals surface area contributed by atoms with Gasteiger partial charge in [-0.3, -0.25) is 4.79 Å². The lowest BCUT2D eigenvalue weighted by molar-refractivity contribution is -0.120. The average Bonchev–Trinajstić information content (AvgIpc) is 2.61. The van der Waals surface area contributed by atoms with Gasteiger partial charge in [-0.1, -0.05) is 11.8 Å². The number of hydrogen-bond donors (Lipinski definition) is 1. The van der Waals surface area contributed by atoms with Crippen LogP contribution in [0, 0.1) is 5.92 Å². The van der Waals surface area contributed by atoms with Gasteiger partial charge in [0.1, 0.15) is 4.75 Å². The fourth-order valence-corrected chi connectivity index (χ4v) is 2.77. The molecule has 4 nitrogen and oxygen atoms in total. The summed E-state index contributed by atoms with van der Waals surface area (Å²) < 4.78 is 4.79. The molecule has 2 heterocycles. The Balaban J connectivity index is 2.17. The zero-order valence-electron chi connectivity index (χ0n) is 7.45. The van der Waals surface area contributed by atoms with Crippen molar-refractivity contribution in [1.29, 1.82) is 0 Å². The smallest absolute Gasteiger partial charge is 0.264 e. The molecule has 1 amide bonds. The lowest BCUT2D eigenvalue weighted by Gasteiger charge is -2.25. The van der Waals surface area contributed by atoms with E-state index in [2.05, 4.69) is 4.99 Å². The molecule has 2 aliphatic heterocycles. The molecule has 13 heavy (non-hydrogen) atoms. The largest absolute Gasteiger partial charge is 0.381 e. The van der Waals surface area contributed by atoms with Gasteiger partial charge in [0.25, 0.3) is 5.91 Å². The molecule has 0 aromatic heterocycles. The van der Waals surface area contributed by atoms with E-state index in [0.29, 0.717) is 11.8 Å². The fraction of sp³-hybridized carbons (Fsp3) is 0.750. The summed E-state index contributed by atoms with van der Waals surface area (Å²) in [5.41, 5.74) is 5.52. The fourth-order valence-electron chi connectivity index (χ4n) is 1.72. The summed E-state index contributed by atoms with van der Waals surface area (Å²) in [5, 5.41) is 0.388. The summed E-state index contributed by atoms with van der Waals surface area (Å²) in [4.78, 5) is 15.3. The molecule has 2 atom stereocenters. The molecule has 72 valence electrons. The Labute approximate surface area is 80.9 Å². The average molecular weight is 200 g/mol. The van der Waals surface area contributed by atoms with Crippen LogP contribution in [0.2, 0.25) is 0 Å². The molecular weight excluding hydrogens is 188 g/mol. The molecule has 2 N–H and O–H groups in total. The molecule has 1 saturated heterocycles. The summed E-state index contributed by atoms with van der Waals surface area (Å²) >= 11 is 1.37. The Morgan fingerprint density at radius 2 is 2.54 bits per heavy atom. The molecule has 1 fully saturated rings. The van der Waals surface area contributed by atoms with Crippen molar-refractivity contribution in [3.63, 3.8) is 0 Å². The standard InChI is InChI=1S/C8H12N2O2S/c1-8(5-2-3-12-4-5)6(11)10-7(9)13-8/h5H,2-4H2,1H3,(H2,9,10,11)/t5-,8?/m0/s1. The maximum Gasteiger partial charge on any atom is 0.264 e. The molecule has 0 aromatic carbocycles. The normalized spacial score (nSPS) is 39.6. The van der Waals surface area contributed by atoms with E-state index < -0.39 is 4.75 Å². The number of aliphatic imine (C=N–C) groups is 1. The molecule has 0 saturated carbocycles. The first-order valence-corrected chi connectivity index (χ1v) is 5.10. The summed E-state index contributed by atoms with van der Waals surface area (Å²) in [5.74, 6) is 0.153. The number of thioether (sulfide) groups is 1. The van der Waals surface area contributed by atoms with Crippen LogP contribution in [0.3, 0.4) is 0 Å². The van der Waals surface area contributed by atoms with Crippen LogP contribution in [0.4, 0.5) is 0 Å². The lowest BCUT2D eigenvalue weighted by Crippen LogP contribution is -2.37. The van der Waals surface area contributed by atoms with Crippen LogP contribution in [0.1, 0.15) is 13.3 Å². The van der Waals surface area contributed by atoms with Crippen molar-refractivity contribution < 1.29 is 9.53 Å². The van der Waals surface area contributed by atoms with E-state index in [-0.39, 0.29) is 11.8 Å². The molecule has 0 aliphatic carbocycles. The van der Waals surface area contributed by atoms with Gasteiger partial charge in [-0.05, 0) is 13.3 Å². The molecule has 1 unspecified atom stereocenters. The second-order valence-electron chi connectivity index (χ2n) is 3.52. The van der Waals surface area contributed by atoms with Gasteiger partial charge in [0.2, 0.25) is 0 Å². The maximum absolute atomic E-state index is 11.5. The Morgan fingerprint density at radius 1 is 1.77 bits per heavy atom. The Kier molecular flexibility index (Phi) is 2.08. The molecule has 0 aromatic rings. The number of rotatable bonds is 1. The van der Waals surface area contributed by atoms with Gasteiger partial charge in [0.05, 0.1) is 6.61 Å². The SMILES string of the molecule is CC1([C@H]2CCOC2)SC(N)=NC1=O. The van der Waals surface area contributed by atoms with Gasteiger partial charge >= 0.3 is 0 Å². The predicted octanol–water partition coefficient (Wildman–Crippen LogP) is 0.370. The minimum atomic E-state index is -0.472.